The number of fused-ring (bicyclic) bond motifs is 1. The zero-order chi connectivity index (χ0) is 12.5. The Bertz CT molecular complexity index is 705. The quantitative estimate of drug-likeness (QED) is 0.771. The van der Waals surface area contributed by atoms with Crippen molar-refractivity contribution < 1.29 is 9.90 Å². The Hall–Kier alpha value is -2.28. The second-order valence-electron chi connectivity index (χ2n) is 3.62. The molecule has 3 aromatic heterocycles. The summed E-state index contributed by atoms with van der Waals surface area (Å²) < 4.78 is 1.57. The van der Waals surface area contributed by atoms with Crippen molar-refractivity contribution in [3.05, 3.63) is 35.6 Å². The first-order chi connectivity index (χ1) is 8.74. The molecule has 0 radical (unpaired) electrons. The molecule has 0 unspecified atom stereocenters. The summed E-state index contributed by atoms with van der Waals surface area (Å²) in [4.78, 5) is 19.9. The number of carboxylic acids is 1. The molecule has 6 nitrogen and oxygen atoms in total. The van der Waals surface area contributed by atoms with E-state index in [2.05, 4.69) is 15.1 Å². The summed E-state index contributed by atoms with van der Waals surface area (Å²) in [6, 6.07) is 5.75. The molecule has 18 heavy (non-hydrogen) atoms. The summed E-state index contributed by atoms with van der Waals surface area (Å²) >= 11 is 1.58. The van der Waals surface area contributed by atoms with Crippen molar-refractivity contribution in [3.8, 4) is 10.6 Å². The Morgan fingerprint density at radius 3 is 3.06 bits per heavy atom. The number of aromatic nitrogens is 4. The number of carboxylic acid groups (broad SMARTS) is 1. The van der Waals surface area contributed by atoms with Crippen LogP contribution in [0.1, 0.15) is 5.82 Å². The summed E-state index contributed by atoms with van der Waals surface area (Å²) in [7, 11) is 0. The molecule has 3 rings (SSSR count). The first-order valence-electron chi connectivity index (χ1n) is 5.20. The molecule has 90 valence electrons. The van der Waals surface area contributed by atoms with Crippen LogP contribution in [0.4, 0.5) is 0 Å². The van der Waals surface area contributed by atoms with Crippen molar-refractivity contribution in [3.63, 3.8) is 0 Å². The molecule has 0 amide bonds. The van der Waals surface area contributed by atoms with Gasteiger partial charge in [-0.1, -0.05) is 6.07 Å². The van der Waals surface area contributed by atoms with Gasteiger partial charge in [-0.05, 0) is 17.5 Å². The third kappa shape index (κ3) is 1.84. The number of rotatable bonds is 3. The van der Waals surface area contributed by atoms with Crippen LogP contribution in [-0.4, -0.2) is 30.7 Å². The molecule has 0 bridgehead atoms. The molecular weight excluding hydrogens is 252 g/mol. The van der Waals surface area contributed by atoms with E-state index in [0.29, 0.717) is 5.78 Å². The monoisotopic (exact) mass is 260 g/mol. The fourth-order valence-electron chi connectivity index (χ4n) is 1.66. The van der Waals surface area contributed by atoms with Crippen molar-refractivity contribution in [1.29, 1.82) is 0 Å². The highest BCUT2D eigenvalue weighted by Crippen LogP contribution is 2.23. The van der Waals surface area contributed by atoms with Gasteiger partial charge in [0, 0.05) is 6.20 Å². The van der Waals surface area contributed by atoms with E-state index in [-0.39, 0.29) is 12.2 Å². The van der Waals surface area contributed by atoms with Crippen molar-refractivity contribution in [2.45, 2.75) is 6.42 Å². The molecule has 0 saturated carbocycles. The molecule has 3 heterocycles. The first kappa shape index (κ1) is 10.8. The van der Waals surface area contributed by atoms with Gasteiger partial charge in [-0.15, -0.1) is 16.4 Å². The molecule has 0 aromatic carbocycles. The molecule has 0 aliphatic carbocycles. The standard InChI is InChI=1S/C11H8N4O2S/c16-10(17)6-9-13-11-12-4-3-7(15(11)14-9)8-2-1-5-18-8/h1-5H,6H2,(H,16,17). The summed E-state index contributed by atoms with van der Waals surface area (Å²) in [5.74, 6) is -0.278. The second kappa shape index (κ2) is 4.19. The smallest absolute Gasteiger partial charge is 0.311 e. The third-order valence-corrected chi connectivity index (χ3v) is 3.26. The molecule has 7 heteroatoms. The minimum Gasteiger partial charge on any atom is -0.481 e. The van der Waals surface area contributed by atoms with E-state index >= 15 is 0 Å². The topological polar surface area (TPSA) is 80.4 Å². The van der Waals surface area contributed by atoms with Crippen molar-refractivity contribution in [1.82, 2.24) is 19.6 Å². The lowest BCUT2D eigenvalue weighted by Gasteiger charge is -1.99. The molecule has 1 N–H and O–H groups in total. The Morgan fingerprint density at radius 1 is 1.44 bits per heavy atom. The van der Waals surface area contributed by atoms with Gasteiger partial charge in [0.15, 0.2) is 5.82 Å². The van der Waals surface area contributed by atoms with Gasteiger partial charge in [-0.3, -0.25) is 4.79 Å². The normalized spacial score (nSPS) is 10.9. The van der Waals surface area contributed by atoms with Crippen molar-refractivity contribution >= 4 is 23.1 Å². The highest BCUT2D eigenvalue weighted by molar-refractivity contribution is 7.13. The van der Waals surface area contributed by atoms with Crippen LogP contribution in [0.5, 0.6) is 0 Å². The Labute approximate surface area is 106 Å². The number of hydrogen-bond acceptors (Lipinski definition) is 5. The van der Waals surface area contributed by atoms with E-state index in [0.717, 1.165) is 10.6 Å². The highest BCUT2D eigenvalue weighted by atomic mass is 32.1. The summed E-state index contributed by atoms with van der Waals surface area (Å²) in [6.45, 7) is 0. The molecule has 0 fully saturated rings. The van der Waals surface area contributed by atoms with Gasteiger partial charge < -0.3 is 5.11 Å². The molecule has 0 aliphatic heterocycles. The highest BCUT2D eigenvalue weighted by Gasteiger charge is 2.12. The van der Waals surface area contributed by atoms with Gasteiger partial charge in [0.1, 0.15) is 6.42 Å². The van der Waals surface area contributed by atoms with Crippen LogP contribution in [0, 0.1) is 0 Å². The maximum atomic E-state index is 10.7. The molecule has 3 aromatic rings. The van der Waals surface area contributed by atoms with Crippen molar-refractivity contribution in [2.75, 3.05) is 0 Å². The molecule has 0 atom stereocenters. The maximum Gasteiger partial charge on any atom is 0.311 e. The van der Waals surface area contributed by atoms with Crippen LogP contribution >= 0.6 is 11.3 Å². The SMILES string of the molecule is O=C(O)Cc1nc2nccc(-c3cccs3)n2n1. The largest absolute Gasteiger partial charge is 0.481 e. The Morgan fingerprint density at radius 2 is 2.33 bits per heavy atom. The van der Waals surface area contributed by atoms with Gasteiger partial charge in [0.2, 0.25) is 0 Å². The maximum absolute atomic E-state index is 10.7. The Kier molecular flexibility index (Phi) is 2.52. The van der Waals surface area contributed by atoms with Crippen LogP contribution in [0.25, 0.3) is 16.3 Å². The third-order valence-electron chi connectivity index (χ3n) is 2.37. The Balaban J connectivity index is 2.16. The predicted molar refractivity (Wildman–Crippen MR) is 65.4 cm³/mol. The second-order valence-corrected chi connectivity index (χ2v) is 4.57. The number of hydrogen-bond donors (Lipinski definition) is 1. The number of nitrogens with zero attached hydrogens (tertiary/aromatic N) is 4. The van der Waals surface area contributed by atoms with Crippen LogP contribution in [-0.2, 0) is 11.2 Å². The number of thiophene rings is 1. The average molecular weight is 260 g/mol. The average Bonchev–Trinajstić information content (AvgIpc) is 2.94. The minimum absolute atomic E-state index is 0.201. The van der Waals surface area contributed by atoms with Gasteiger partial charge in [-0.2, -0.15) is 9.50 Å². The summed E-state index contributed by atoms with van der Waals surface area (Å²) in [5.41, 5.74) is 0.860. The van der Waals surface area contributed by atoms with Crippen LogP contribution in [0.3, 0.4) is 0 Å². The number of carbonyl (C=O) groups is 1. The van der Waals surface area contributed by atoms with E-state index in [4.69, 9.17) is 5.11 Å². The van der Waals surface area contributed by atoms with Crippen LogP contribution in [0.2, 0.25) is 0 Å². The fraction of sp³-hybridized carbons (Fsp3) is 0.0909. The van der Waals surface area contributed by atoms with E-state index in [1.165, 1.54) is 0 Å². The predicted octanol–water partition coefficient (Wildman–Crippen LogP) is 1.48. The van der Waals surface area contributed by atoms with E-state index < -0.39 is 5.97 Å². The van der Waals surface area contributed by atoms with E-state index in [1.54, 1.807) is 22.0 Å². The summed E-state index contributed by atoms with van der Waals surface area (Å²) in [5, 5.41) is 14.9. The van der Waals surface area contributed by atoms with Crippen LogP contribution in [0.15, 0.2) is 29.8 Å². The minimum atomic E-state index is -0.955. The zero-order valence-corrected chi connectivity index (χ0v) is 9.96. The summed E-state index contributed by atoms with van der Waals surface area (Å²) in [6.07, 6.45) is 1.44. The van der Waals surface area contributed by atoms with E-state index in [1.807, 2.05) is 23.6 Å². The number of aliphatic carboxylic acids is 1. The lowest BCUT2D eigenvalue weighted by Crippen LogP contribution is -2.02. The molecule has 0 aliphatic rings. The zero-order valence-electron chi connectivity index (χ0n) is 9.15. The van der Waals surface area contributed by atoms with Gasteiger partial charge >= 0.3 is 5.97 Å². The van der Waals surface area contributed by atoms with Crippen LogP contribution < -0.4 is 0 Å². The van der Waals surface area contributed by atoms with Gasteiger partial charge in [0.25, 0.3) is 5.78 Å². The van der Waals surface area contributed by atoms with Crippen molar-refractivity contribution in [2.24, 2.45) is 0 Å². The molecule has 0 saturated heterocycles. The lowest BCUT2D eigenvalue weighted by molar-refractivity contribution is -0.136. The van der Waals surface area contributed by atoms with E-state index in [9.17, 15) is 4.79 Å². The molecular formula is C11H8N4O2S. The van der Waals surface area contributed by atoms with Gasteiger partial charge in [-0.25, -0.2) is 4.98 Å². The fourth-order valence-corrected chi connectivity index (χ4v) is 2.39. The van der Waals surface area contributed by atoms with Gasteiger partial charge in [0.05, 0.1) is 10.6 Å². The lowest BCUT2D eigenvalue weighted by atomic mass is 10.3. The molecule has 0 spiro atoms. The first-order valence-corrected chi connectivity index (χ1v) is 6.08.